The second-order valence-corrected chi connectivity index (χ2v) is 8.49. The maximum atomic E-state index is 11.5. The third-order valence-corrected chi connectivity index (χ3v) is 6.44. The SMILES string of the molecule is Cc1ccc(-n2c(C)nnc2S[C@@H](C[N+](=O)[O-])c2cccc3ccccc23)cc1C. The van der Waals surface area contributed by atoms with Gasteiger partial charge in [0.25, 0.3) is 0 Å². The maximum Gasteiger partial charge on any atom is 0.220 e. The lowest BCUT2D eigenvalue weighted by Gasteiger charge is -2.16. The van der Waals surface area contributed by atoms with Gasteiger partial charge in [0.05, 0.1) is 0 Å². The summed E-state index contributed by atoms with van der Waals surface area (Å²) in [5.74, 6) is 0.749. The fraction of sp³-hybridized carbons (Fsp3) is 0.217. The smallest absolute Gasteiger partial charge is 0.220 e. The van der Waals surface area contributed by atoms with Crippen LogP contribution in [0.25, 0.3) is 16.5 Å². The predicted molar refractivity (Wildman–Crippen MR) is 120 cm³/mol. The highest BCUT2D eigenvalue weighted by Gasteiger charge is 2.25. The molecule has 0 N–H and O–H groups in total. The largest absolute Gasteiger partial charge is 0.274 e. The first-order valence-electron chi connectivity index (χ1n) is 9.70. The monoisotopic (exact) mass is 418 g/mol. The Labute approximate surface area is 179 Å². The Morgan fingerprint density at radius 2 is 1.77 bits per heavy atom. The molecule has 0 saturated heterocycles. The highest BCUT2D eigenvalue weighted by Crippen LogP contribution is 2.39. The molecule has 0 radical (unpaired) electrons. The molecule has 6 nitrogen and oxygen atoms in total. The molecule has 1 atom stereocenters. The van der Waals surface area contributed by atoms with Gasteiger partial charge in [-0.05, 0) is 60.4 Å². The van der Waals surface area contributed by atoms with Crippen molar-refractivity contribution in [3.05, 3.63) is 93.3 Å². The van der Waals surface area contributed by atoms with Crippen molar-refractivity contribution in [3.63, 3.8) is 0 Å². The van der Waals surface area contributed by atoms with E-state index in [0.717, 1.165) is 27.8 Å². The zero-order chi connectivity index (χ0) is 21.3. The van der Waals surface area contributed by atoms with E-state index in [1.54, 1.807) is 0 Å². The van der Waals surface area contributed by atoms with Gasteiger partial charge in [0, 0.05) is 10.6 Å². The molecule has 3 aromatic carbocycles. The van der Waals surface area contributed by atoms with E-state index in [-0.39, 0.29) is 16.7 Å². The fourth-order valence-electron chi connectivity index (χ4n) is 3.57. The van der Waals surface area contributed by atoms with Gasteiger partial charge in [-0.3, -0.25) is 14.7 Å². The van der Waals surface area contributed by atoms with Crippen LogP contribution in [0.4, 0.5) is 0 Å². The van der Waals surface area contributed by atoms with Gasteiger partial charge in [-0.15, -0.1) is 10.2 Å². The summed E-state index contributed by atoms with van der Waals surface area (Å²) in [6.45, 7) is 5.84. The topological polar surface area (TPSA) is 73.8 Å². The molecule has 0 spiro atoms. The predicted octanol–water partition coefficient (Wildman–Crippen LogP) is 5.46. The van der Waals surface area contributed by atoms with Gasteiger partial charge >= 0.3 is 0 Å². The van der Waals surface area contributed by atoms with E-state index in [9.17, 15) is 10.1 Å². The number of nitro groups is 1. The molecule has 30 heavy (non-hydrogen) atoms. The number of hydrogen-bond donors (Lipinski definition) is 0. The lowest BCUT2D eigenvalue weighted by atomic mass is 10.0. The Balaban J connectivity index is 1.78. The Morgan fingerprint density at radius 1 is 1.00 bits per heavy atom. The van der Waals surface area contributed by atoms with E-state index in [4.69, 9.17) is 0 Å². The van der Waals surface area contributed by atoms with Gasteiger partial charge < -0.3 is 0 Å². The first kappa shape index (κ1) is 20.1. The van der Waals surface area contributed by atoms with E-state index in [0.29, 0.717) is 5.16 Å². The zero-order valence-electron chi connectivity index (χ0n) is 17.1. The average molecular weight is 419 g/mol. The van der Waals surface area contributed by atoms with Gasteiger partial charge in [0.2, 0.25) is 6.54 Å². The molecule has 1 aromatic heterocycles. The van der Waals surface area contributed by atoms with Crippen LogP contribution in [0.2, 0.25) is 0 Å². The molecule has 0 aliphatic heterocycles. The zero-order valence-corrected chi connectivity index (χ0v) is 17.9. The molecule has 0 saturated carbocycles. The third-order valence-electron chi connectivity index (χ3n) is 5.28. The summed E-state index contributed by atoms with van der Waals surface area (Å²) in [6.07, 6.45) is 0. The Kier molecular flexibility index (Phi) is 5.55. The fourth-order valence-corrected chi connectivity index (χ4v) is 4.79. The maximum absolute atomic E-state index is 11.5. The van der Waals surface area contributed by atoms with Crippen molar-refractivity contribution >= 4 is 22.5 Å². The van der Waals surface area contributed by atoms with E-state index >= 15 is 0 Å². The molecule has 0 aliphatic carbocycles. The summed E-state index contributed by atoms with van der Waals surface area (Å²) < 4.78 is 1.97. The molecule has 1 heterocycles. The van der Waals surface area contributed by atoms with Gasteiger partial charge in [-0.25, -0.2) is 0 Å². The molecule has 7 heteroatoms. The molecule has 0 aliphatic rings. The van der Waals surface area contributed by atoms with Crippen molar-refractivity contribution in [1.29, 1.82) is 0 Å². The standard InChI is InChI=1S/C23H22N4O2S/c1-15-11-12-19(13-16(15)2)27-17(3)24-25-23(27)30-22(14-26(28)29)21-10-6-8-18-7-4-5-9-20(18)21/h4-13,22H,14H2,1-3H3/t22-/m0/s1. The quantitative estimate of drug-likeness (QED) is 0.236. The summed E-state index contributed by atoms with van der Waals surface area (Å²) in [6, 6.07) is 20.1. The van der Waals surface area contributed by atoms with Crippen molar-refractivity contribution < 1.29 is 4.92 Å². The Bertz CT molecular complexity index is 1230. The van der Waals surface area contributed by atoms with Crippen LogP contribution >= 0.6 is 11.8 Å². The Hall–Kier alpha value is -3.19. The second kappa shape index (κ2) is 8.28. The number of rotatable bonds is 6. The van der Waals surface area contributed by atoms with E-state index < -0.39 is 0 Å². The van der Waals surface area contributed by atoms with Crippen LogP contribution in [0.1, 0.15) is 27.8 Å². The third kappa shape index (κ3) is 3.93. The molecule has 152 valence electrons. The molecule has 4 aromatic rings. The lowest BCUT2D eigenvalue weighted by Crippen LogP contribution is -2.11. The van der Waals surface area contributed by atoms with Gasteiger partial charge in [0.1, 0.15) is 11.1 Å². The lowest BCUT2D eigenvalue weighted by molar-refractivity contribution is -0.479. The van der Waals surface area contributed by atoms with Crippen molar-refractivity contribution in [2.75, 3.05) is 6.54 Å². The van der Waals surface area contributed by atoms with Gasteiger partial charge in [-0.2, -0.15) is 0 Å². The van der Waals surface area contributed by atoms with Crippen LogP contribution in [-0.4, -0.2) is 26.2 Å². The van der Waals surface area contributed by atoms with Crippen LogP contribution in [0, 0.1) is 30.9 Å². The highest BCUT2D eigenvalue weighted by molar-refractivity contribution is 7.99. The molecule has 4 rings (SSSR count). The summed E-state index contributed by atoms with van der Waals surface area (Å²) in [5.41, 5.74) is 4.27. The summed E-state index contributed by atoms with van der Waals surface area (Å²) in [5, 5.41) is 22.5. The molecule has 0 unspecified atom stereocenters. The highest BCUT2D eigenvalue weighted by atomic mass is 32.2. The van der Waals surface area contributed by atoms with Crippen LogP contribution < -0.4 is 0 Å². The van der Waals surface area contributed by atoms with Crippen LogP contribution in [-0.2, 0) is 0 Å². The number of benzene rings is 3. The number of fused-ring (bicyclic) bond motifs is 1. The molecular formula is C23H22N4O2S. The minimum atomic E-state index is -0.389. The van der Waals surface area contributed by atoms with Crippen LogP contribution in [0.3, 0.4) is 0 Å². The second-order valence-electron chi connectivity index (χ2n) is 7.32. The molecule has 0 fully saturated rings. The molecule has 0 amide bonds. The van der Waals surface area contributed by atoms with Crippen molar-refractivity contribution in [2.24, 2.45) is 0 Å². The minimum Gasteiger partial charge on any atom is -0.274 e. The van der Waals surface area contributed by atoms with E-state index in [2.05, 4.69) is 36.2 Å². The van der Waals surface area contributed by atoms with Crippen LogP contribution in [0.15, 0.2) is 65.8 Å². The van der Waals surface area contributed by atoms with E-state index in [1.165, 1.54) is 22.9 Å². The van der Waals surface area contributed by atoms with Crippen molar-refractivity contribution in [1.82, 2.24) is 14.8 Å². The summed E-state index contributed by atoms with van der Waals surface area (Å²) >= 11 is 1.39. The van der Waals surface area contributed by atoms with E-state index in [1.807, 2.05) is 60.0 Å². The number of nitrogens with zero attached hydrogens (tertiary/aromatic N) is 4. The first-order valence-corrected chi connectivity index (χ1v) is 10.6. The number of thioether (sulfide) groups is 1. The van der Waals surface area contributed by atoms with Crippen LogP contribution in [0.5, 0.6) is 0 Å². The van der Waals surface area contributed by atoms with Crippen molar-refractivity contribution in [2.45, 2.75) is 31.2 Å². The first-order chi connectivity index (χ1) is 14.4. The number of hydrogen-bond acceptors (Lipinski definition) is 5. The summed E-state index contributed by atoms with van der Waals surface area (Å²) in [7, 11) is 0. The molecular weight excluding hydrogens is 396 g/mol. The Morgan fingerprint density at radius 3 is 2.53 bits per heavy atom. The van der Waals surface area contributed by atoms with Gasteiger partial charge in [-0.1, -0.05) is 60.3 Å². The normalized spacial score (nSPS) is 12.2. The van der Waals surface area contributed by atoms with Crippen molar-refractivity contribution in [3.8, 4) is 5.69 Å². The van der Waals surface area contributed by atoms with Gasteiger partial charge in [0.15, 0.2) is 5.16 Å². The minimum absolute atomic E-state index is 0.197. The summed E-state index contributed by atoms with van der Waals surface area (Å²) in [4.78, 5) is 11.2. The molecule has 0 bridgehead atoms. The number of aromatic nitrogens is 3. The number of aryl methyl sites for hydroxylation is 3. The average Bonchev–Trinajstić information content (AvgIpc) is 3.09.